The maximum atomic E-state index is 12.0. The van der Waals surface area contributed by atoms with Gasteiger partial charge >= 0.3 is 0 Å². The Labute approximate surface area is 132 Å². The summed E-state index contributed by atoms with van der Waals surface area (Å²) in [4.78, 5) is 12.0. The summed E-state index contributed by atoms with van der Waals surface area (Å²) in [6.07, 6.45) is 0.539. The molecule has 0 aliphatic heterocycles. The van der Waals surface area contributed by atoms with E-state index in [-0.39, 0.29) is 11.3 Å². The Balaban J connectivity index is 2.20. The Hall–Kier alpha value is -3.22. The lowest BCUT2D eigenvalue weighted by molar-refractivity contribution is 0.0954. The van der Waals surface area contributed by atoms with E-state index in [0.717, 1.165) is 17.7 Å². The molecular formula is C16H16N2O5. The molecule has 0 aliphatic rings. The van der Waals surface area contributed by atoms with E-state index in [1.54, 1.807) is 12.1 Å². The van der Waals surface area contributed by atoms with Crippen molar-refractivity contribution in [2.75, 3.05) is 0 Å². The smallest absolute Gasteiger partial charge is 0.271 e. The second kappa shape index (κ2) is 6.69. The molecule has 0 radical (unpaired) electrons. The molecule has 0 unspecified atom stereocenters. The zero-order chi connectivity index (χ0) is 17.0. The number of phenols is 4. The number of phenolic OH excluding ortho intramolecular Hbond substituents is 4. The average Bonchev–Trinajstić information content (AvgIpc) is 2.54. The molecule has 0 aliphatic carbocycles. The van der Waals surface area contributed by atoms with Gasteiger partial charge in [-0.15, -0.1) is 0 Å². The van der Waals surface area contributed by atoms with Crippen LogP contribution in [0.5, 0.6) is 23.0 Å². The lowest BCUT2D eigenvalue weighted by Gasteiger charge is -2.07. The van der Waals surface area contributed by atoms with Crippen LogP contribution in [0.1, 0.15) is 29.3 Å². The number of amides is 1. The molecule has 0 atom stereocenters. The van der Waals surface area contributed by atoms with Crippen LogP contribution >= 0.6 is 0 Å². The normalized spacial score (nSPS) is 11.3. The van der Waals surface area contributed by atoms with Gasteiger partial charge in [-0.3, -0.25) is 4.79 Å². The Morgan fingerprint density at radius 3 is 2.09 bits per heavy atom. The van der Waals surface area contributed by atoms with Crippen LogP contribution in [-0.2, 0) is 0 Å². The van der Waals surface area contributed by atoms with Crippen LogP contribution in [0.3, 0.4) is 0 Å². The van der Waals surface area contributed by atoms with E-state index in [1.165, 1.54) is 12.1 Å². The molecular weight excluding hydrogens is 300 g/mol. The highest BCUT2D eigenvalue weighted by Gasteiger charge is 2.13. The zero-order valence-corrected chi connectivity index (χ0v) is 12.3. The molecule has 0 aromatic heterocycles. The van der Waals surface area contributed by atoms with Crippen LogP contribution in [0.15, 0.2) is 41.5 Å². The Morgan fingerprint density at radius 1 is 1.00 bits per heavy atom. The SMILES string of the molecule is CCC(=NNC(=O)c1cc(O)c(O)c(O)c1)c1ccc(O)cc1. The van der Waals surface area contributed by atoms with Crippen molar-refractivity contribution < 1.29 is 25.2 Å². The molecule has 0 saturated carbocycles. The van der Waals surface area contributed by atoms with Gasteiger partial charge in [-0.05, 0) is 48.4 Å². The van der Waals surface area contributed by atoms with Gasteiger partial charge in [0.05, 0.1) is 5.71 Å². The fourth-order valence-electron chi connectivity index (χ4n) is 1.92. The number of nitrogens with zero attached hydrogens (tertiary/aromatic N) is 1. The maximum absolute atomic E-state index is 12.0. The van der Waals surface area contributed by atoms with Crippen molar-refractivity contribution in [3.05, 3.63) is 47.5 Å². The molecule has 0 fully saturated rings. The van der Waals surface area contributed by atoms with Gasteiger partial charge in [0.2, 0.25) is 0 Å². The first-order chi connectivity index (χ1) is 10.9. The molecule has 0 spiro atoms. The second-order valence-electron chi connectivity index (χ2n) is 4.76. The van der Waals surface area contributed by atoms with Crippen molar-refractivity contribution in [2.24, 2.45) is 5.10 Å². The third kappa shape index (κ3) is 3.70. The van der Waals surface area contributed by atoms with E-state index in [2.05, 4.69) is 10.5 Å². The van der Waals surface area contributed by atoms with Crippen molar-refractivity contribution in [3.63, 3.8) is 0 Å². The molecule has 0 bridgehead atoms. The van der Waals surface area contributed by atoms with Gasteiger partial charge in [0.1, 0.15) is 5.75 Å². The summed E-state index contributed by atoms with van der Waals surface area (Å²) in [6.45, 7) is 1.86. The topological polar surface area (TPSA) is 122 Å². The summed E-state index contributed by atoms with van der Waals surface area (Å²) in [5.41, 5.74) is 3.59. The summed E-state index contributed by atoms with van der Waals surface area (Å²) in [6, 6.07) is 8.40. The summed E-state index contributed by atoms with van der Waals surface area (Å²) < 4.78 is 0. The number of carbonyl (C=O) groups is 1. The van der Waals surface area contributed by atoms with Crippen molar-refractivity contribution in [1.29, 1.82) is 0 Å². The maximum Gasteiger partial charge on any atom is 0.271 e. The lowest BCUT2D eigenvalue weighted by Crippen LogP contribution is -2.20. The van der Waals surface area contributed by atoms with Gasteiger partial charge < -0.3 is 20.4 Å². The van der Waals surface area contributed by atoms with Crippen molar-refractivity contribution in [3.8, 4) is 23.0 Å². The van der Waals surface area contributed by atoms with Crippen molar-refractivity contribution in [1.82, 2.24) is 5.43 Å². The van der Waals surface area contributed by atoms with Gasteiger partial charge in [-0.25, -0.2) is 5.43 Å². The van der Waals surface area contributed by atoms with Crippen LogP contribution in [-0.4, -0.2) is 32.0 Å². The van der Waals surface area contributed by atoms with E-state index >= 15 is 0 Å². The first-order valence-electron chi connectivity index (χ1n) is 6.83. The highest BCUT2D eigenvalue weighted by molar-refractivity contribution is 6.02. The summed E-state index contributed by atoms with van der Waals surface area (Å²) in [5, 5.41) is 41.4. The van der Waals surface area contributed by atoms with Gasteiger partial charge in [0.25, 0.3) is 5.91 Å². The summed E-state index contributed by atoms with van der Waals surface area (Å²) in [5.74, 6) is -2.42. The predicted molar refractivity (Wildman–Crippen MR) is 83.8 cm³/mol. The standard InChI is InChI=1S/C16H16N2O5/c1-2-12(9-3-5-11(19)6-4-9)17-18-16(23)10-7-13(20)15(22)14(21)8-10/h3-8,19-22H,2H2,1H3,(H,18,23). The molecule has 7 nitrogen and oxygen atoms in total. The minimum Gasteiger partial charge on any atom is -0.508 e. The van der Waals surface area contributed by atoms with Gasteiger partial charge in [-0.2, -0.15) is 5.10 Å². The molecule has 2 rings (SSSR count). The van der Waals surface area contributed by atoms with Crippen molar-refractivity contribution >= 4 is 11.6 Å². The van der Waals surface area contributed by atoms with Crippen LogP contribution in [0.25, 0.3) is 0 Å². The second-order valence-corrected chi connectivity index (χ2v) is 4.76. The quantitative estimate of drug-likeness (QED) is 0.336. The van der Waals surface area contributed by atoms with Crippen molar-refractivity contribution in [2.45, 2.75) is 13.3 Å². The Bertz CT molecular complexity index is 731. The number of aromatic hydroxyl groups is 4. The molecule has 2 aromatic carbocycles. The van der Waals surface area contributed by atoms with Crippen LogP contribution in [0.2, 0.25) is 0 Å². The van der Waals surface area contributed by atoms with E-state index in [9.17, 15) is 25.2 Å². The minimum atomic E-state index is -0.691. The molecule has 2 aromatic rings. The number of nitrogens with one attached hydrogen (secondary N) is 1. The third-order valence-corrected chi connectivity index (χ3v) is 3.16. The molecule has 23 heavy (non-hydrogen) atoms. The number of rotatable bonds is 4. The number of hydrazone groups is 1. The molecule has 0 heterocycles. The highest BCUT2D eigenvalue weighted by atomic mass is 16.3. The third-order valence-electron chi connectivity index (χ3n) is 3.16. The largest absolute Gasteiger partial charge is 0.508 e. The number of benzene rings is 2. The van der Waals surface area contributed by atoms with Gasteiger partial charge in [-0.1, -0.05) is 6.92 Å². The fourth-order valence-corrected chi connectivity index (χ4v) is 1.92. The molecule has 7 heteroatoms. The van der Waals surface area contributed by atoms with Crippen LogP contribution < -0.4 is 5.43 Å². The summed E-state index contributed by atoms with van der Waals surface area (Å²) >= 11 is 0. The number of hydrogen-bond acceptors (Lipinski definition) is 6. The number of carbonyl (C=O) groups excluding carboxylic acids is 1. The molecule has 1 amide bonds. The lowest BCUT2D eigenvalue weighted by atomic mass is 10.1. The number of hydrogen-bond donors (Lipinski definition) is 5. The van der Waals surface area contributed by atoms with E-state index in [4.69, 9.17) is 0 Å². The molecule has 120 valence electrons. The minimum absolute atomic E-state index is 0.0530. The van der Waals surface area contributed by atoms with Gasteiger partial charge in [0, 0.05) is 5.56 Å². The van der Waals surface area contributed by atoms with E-state index in [1.807, 2.05) is 6.92 Å². The Morgan fingerprint density at radius 2 is 1.57 bits per heavy atom. The predicted octanol–water partition coefficient (Wildman–Crippen LogP) is 2.05. The molecule has 0 saturated heterocycles. The summed E-state index contributed by atoms with van der Waals surface area (Å²) in [7, 11) is 0. The van der Waals surface area contributed by atoms with E-state index in [0.29, 0.717) is 12.1 Å². The zero-order valence-electron chi connectivity index (χ0n) is 12.3. The first-order valence-corrected chi connectivity index (χ1v) is 6.83. The van der Waals surface area contributed by atoms with Crippen LogP contribution in [0, 0.1) is 0 Å². The monoisotopic (exact) mass is 316 g/mol. The van der Waals surface area contributed by atoms with E-state index < -0.39 is 23.2 Å². The molecule has 5 N–H and O–H groups in total. The Kier molecular flexibility index (Phi) is 4.70. The van der Waals surface area contributed by atoms with Gasteiger partial charge in [0.15, 0.2) is 17.2 Å². The fraction of sp³-hybridized carbons (Fsp3) is 0.125. The first kappa shape index (κ1) is 16.2. The van der Waals surface area contributed by atoms with Crippen LogP contribution in [0.4, 0.5) is 0 Å². The highest BCUT2D eigenvalue weighted by Crippen LogP contribution is 2.35. The average molecular weight is 316 g/mol.